The Morgan fingerprint density at radius 1 is 1.60 bits per heavy atom. The maximum Gasteiger partial charge on any atom is 0.331 e. The lowest BCUT2D eigenvalue weighted by Gasteiger charge is -2.11. The average molecular weight is 215 g/mol. The van der Waals surface area contributed by atoms with Crippen molar-refractivity contribution in [3.8, 4) is 0 Å². The van der Waals surface area contributed by atoms with Crippen molar-refractivity contribution in [2.75, 3.05) is 20.3 Å². The monoisotopic (exact) mass is 215 g/mol. The number of hydrogen-bond acceptors (Lipinski definition) is 3. The largest absolute Gasteiger partial charge is 0.478 e. The van der Waals surface area contributed by atoms with Gasteiger partial charge in [-0.3, -0.25) is 0 Å². The Kier molecular flexibility index (Phi) is 7.95. The van der Waals surface area contributed by atoms with E-state index in [0.29, 0.717) is 24.6 Å². The maximum atomic E-state index is 10.7. The van der Waals surface area contributed by atoms with E-state index < -0.39 is 5.97 Å². The number of ether oxygens (including phenoxy) is 1. The zero-order valence-electron chi connectivity index (χ0n) is 9.75. The third kappa shape index (κ3) is 7.11. The van der Waals surface area contributed by atoms with Crippen LogP contribution in [0.1, 0.15) is 26.7 Å². The molecular weight excluding hydrogens is 194 g/mol. The fourth-order valence-corrected chi connectivity index (χ4v) is 1.16. The average Bonchev–Trinajstić information content (AvgIpc) is 2.20. The minimum atomic E-state index is -0.830. The molecule has 88 valence electrons. The highest BCUT2D eigenvalue weighted by Gasteiger charge is 2.04. The minimum absolute atomic E-state index is 0.341. The van der Waals surface area contributed by atoms with E-state index >= 15 is 0 Å². The van der Waals surface area contributed by atoms with E-state index in [1.807, 2.05) is 6.92 Å². The van der Waals surface area contributed by atoms with Gasteiger partial charge in [0.1, 0.15) is 0 Å². The zero-order valence-corrected chi connectivity index (χ0v) is 9.75. The third-order valence-electron chi connectivity index (χ3n) is 2.23. The van der Waals surface area contributed by atoms with Gasteiger partial charge in [-0.1, -0.05) is 13.0 Å². The summed E-state index contributed by atoms with van der Waals surface area (Å²) < 4.78 is 4.95. The van der Waals surface area contributed by atoms with E-state index in [2.05, 4.69) is 12.2 Å². The first kappa shape index (κ1) is 14.1. The van der Waals surface area contributed by atoms with Gasteiger partial charge in [0.15, 0.2) is 0 Å². The van der Waals surface area contributed by atoms with Gasteiger partial charge in [-0.25, -0.2) is 4.79 Å². The highest BCUT2D eigenvalue weighted by atomic mass is 16.5. The summed E-state index contributed by atoms with van der Waals surface area (Å²) in [5.41, 5.74) is 0.460. The number of rotatable bonds is 8. The van der Waals surface area contributed by atoms with Crippen molar-refractivity contribution in [3.05, 3.63) is 11.6 Å². The second-order valence-corrected chi connectivity index (χ2v) is 3.48. The van der Waals surface area contributed by atoms with Gasteiger partial charge >= 0.3 is 5.97 Å². The molecule has 0 saturated carbocycles. The van der Waals surface area contributed by atoms with Crippen LogP contribution in [0.25, 0.3) is 0 Å². The first-order valence-electron chi connectivity index (χ1n) is 5.26. The molecule has 0 heterocycles. The molecule has 0 bridgehead atoms. The molecule has 0 aliphatic rings. The molecular formula is C11H21NO3. The normalized spacial score (nSPS) is 13.9. The number of carbonyl (C=O) groups is 1. The Morgan fingerprint density at radius 2 is 2.27 bits per heavy atom. The van der Waals surface area contributed by atoms with E-state index in [0.717, 1.165) is 13.0 Å². The molecule has 1 atom stereocenters. The number of aliphatic carboxylic acids is 1. The molecule has 0 amide bonds. The van der Waals surface area contributed by atoms with Crippen molar-refractivity contribution >= 4 is 5.97 Å². The number of methoxy groups -OCH3 is 1. The molecule has 4 nitrogen and oxygen atoms in total. The number of nitrogens with one attached hydrogen (secondary N) is 1. The van der Waals surface area contributed by atoms with E-state index in [4.69, 9.17) is 9.84 Å². The van der Waals surface area contributed by atoms with Crippen LogP contribution in [0.2, 0.25) is 0 Å². The summed E-state index contributed by atoms with van der Waals surface area (Å²) in [5.74, 6) is -0.830. The second-order valence-electron chi connectivity index (χ2n) is 3.48. The Hall–Kier alpha value is -0.870. The summed E-state index contributed by atoms with van der Waals surface area (Å²) in [4.78, 5) is 10.7. The molecule has 0 rings (SSSR count). The van der Waals surface area contributed by atoms with Crippen molar-refractivity contribution < 1.29 is 14.6 Å². The van der Waals surface area contributed by atoms with Crippen molar-refractivity contribution in [1.82, 2.24) is 5.32 Å². The smallest absolute Gasteiger partial charge is 0.331 e. The van der Waals surface area contributed by atoms with Gasteiger partial charge in [0.05, 0.1) is 0 Å². The van der Waals surface area contributed by atoms with Gasteiger partial charge in [-0.2, -0.15) is 0 Å². The van der Waals surface area contributed by atoms with Crippen LogP contribution in [0.15, 0.2) is 11.6 Å². The van der Waals surface area contributed by atoms with Crippen LogP contribution < -0.4 is 5.32 Å². The molecule has 0 aliphatic heterocycles. The summed E-state index contributed by atoms with van der Waals surface area (Å²) in [6.07, 6.45) is 3.22. The number of carboxylic acid groups (broad SMARTS) is 1. The zero-order chi connectivity index (χ0) is 11.7. The van der Waals surface area contributed by atoms with Gasteiger partial charge < -0.3 is 15.2 Å². The summed E-state index contributed by atoms with van der Waals surface area (Å²) >= 11 is 0. The van der Waals surface area contributed by atoms with E-state index in [1.165, 1.54) is 0 Å². The molecule has 0 aromatic heterocycles. The summed E-state index contributed by atoms with van der Waals surface area (Å²) in [7, 11) is 1.67. The lowest BCUT2D eigenvalue weighted by Crippen LogP contribution is -2.27. The Bertz CT molecular complexity index is 214. The molecule has 15 heavy (non-hydrogen) atoms. The second kappa shape index (κ2) is 8.44. The van der Waals surface area contributed by atoms with Crippen LogP contribution in [-0.2, 0) is 9.53 Å². The van der Waals surface area contributed by atoms with Crippen molar-refractivity contribution in [3.63, 3.8) is 0 Å². The molecule has 0 aliphatic carbocycles. The van der Waals surface area contributed by atoms with Crippen LogP contribution in [0.3, 0.4) is 0 Å². The quantitative estimate of drug-likeness (QED) is 0.601. The maximum absolute atomic E-state index is 10.7. The van der Waals surface area contributed by atoms with E-state index in [1.54, 1.807) is 13.2 Å². The first-order chi connectivity index (χ1) is 7.11. The SMILES string of the molecule is CCC(=CCNC(C)CCOC)C(=O)O. The predicted octanol–water partition coefficient (Wildman–Crippen LogP) is 1.42. The van der Waals surface area contributed by atoms with Crippen LogP contribution >= 0.6 is 0 Å². The molecule has 2 N–H and O–H groups in total. The topological polar surface area (TPSA) is 58.6 Å². The molecule has 0 aromatic carbocycles. The van der Waals surface area contributed by atoms with Gasteiger partial charge in [-0.05, 0) is 19.8 Å². The molecule has 1 unspecified atom stereocenters. The van der Waals surface area contributed by atoms with Crippen molar-refractivity contribution in [2.45, 2.75) is 32.7 Å². The van der Waals surface area contributed by atoms with Gasteiger partial charge in [0.2, 0.25) is 0 Å². The highest BCUT2D eigenvalue weighted by molar-refractivity contribution is 5.86. The molecule has 4 heteroatoms. The Balaban J connectivity index is 3.79. The molecule has 0 saturated heterocycles. The lowest BCUT2D eigenvalue weighted by molar-refractivity contribution is -0.132. The molecule has 0 aromatic rings. The van der Waals surface area contributed by atoms with Crippen molar-refractivity contribution in [2.24, 2.45) is 0 Å². The Labute approximate surface area is 91.3 Å². The molecule has 0 spiro atoms. The fraction of sp³-hybridized carbons (Fsp3) is 0.727. The standard InChI is InChI=1S/C11H21NO3/c1-4-10(11(13)14)5-7-12-9(2)6-8-15-3/h5,9,12H,4,6-8H2,1-3H3,(H,13,14). The van der Waals surface area contributed by atoms with E-state index in [-0.39, 0.29) is 0 Å². The van der Waals surface area contributed by atoms with Crippen LogP contribution in [0.4, 0.5) is 0 Å². The van der Waals surface area contributed by atoms with Crippen molar-refractivity contribution in [1.29, 1.82) is 0 Å². The van der Waals surface area contributed by atoms with Gasteiger partial charge in [-0.15, -0.1) is 0 Å². The lowest BCUT2D eigenvalue weighted by atomic mass is 10.2. The van der Waals surface area contributed by atoms with Gasteiger partial charge in [0, 0.05) is 31.9 Å². The first-order valence-corrected chi connectivity index (χ1v) is 5.26. The number of carboxylic acids is 1. The predicted molar refractivity (Wildman–Crippen MR) is 60.0 cm³/mol. The third-order valence-corrected chi connectivity index (χ3v) is 2.23. The Morgan fingerprint density at radius 3 is 2.73 bits per heavy atom. The fourth-order valence-electron chi connectivity index (χ4n) is 1.16. The highest BCUT2D eigenvalue weighted by Crippen LogP contribution is 1.99. The van der Waals surface area contributed by atoms with Crippen LogP contribution in [-0.4, -0.2) is 37.4 Å². The summed E-state index contributed by atoms with van der Waals surface area (Å²) in [6, 6.07) is 0.341. The summed E-state index contributed by atoms with van der Waals surface area (Å²) in [6.45, 7) is 5.21. The van der Waals surface area contributed by atoms with Crippen LogP contribution in [0.5, 0.6) is 0 Å². The van der Waals surface area contributed by atoms with Crippen LogP contribution in [0, 0.1) is 0 Å². The number of hydrogen-bond donors (Lipinski definition) is 2. The van der Waals surface area contributed by atoms with E-state index in [9.17, 15) is 4.79 Å². The molecule has 0 fully saturated rings. The molecule has 0 radical (unpaired) electrons. The summed E-state index contributed by atoms with van der Waals surface area (Å²) in [5, 5.41) is 12.0. The van der Waals surface area contributed by atoms with Gasteiger partial charge in [0.25, 0.3) is 0 Å². The minimum Gasteiger partial charge on any atom is -0.478 e.